The zero-order valence-corrected chi connectivity index (χ0v) is 20.5. The highest BCUT2D eigenvalue weighted by molar-refractivity contribution is 6.09. The van der Waals surface area contributed by atoms with Crippen molar-refractivity contribution in [3.8, 4) is 17.0 Å². The molecule has 0 bridgehead atoms. The minimum absolute atomic E-state index is 0.0451. The molecule has 36 heavy (non-hydrogen) atoms. The van der Waals surface area contributed by atoms with Crippen LogP contribution in [-0.2, 0) is 6.42 Å². The number of aryl methyl sites for hydroxylation is 1. The van der Waals surface area contributed by atoms with Crippen molar-refractivity contribution in [3.05, 3.63) is 95.4 Å². The molecule has 2 amide bonds. The van der Waals surface area contributed by atoms with E-state index in [0.29, 0.717) is 35.5 Å². The summed E-state index contributed by atoms with van der Waals surface area (Å²) in [6, 6.07) is 22.0. The van der Waals surface area contributed by atoms with E-state index < -0.39 is 0 Å². The van der Waals surface area contributed by atoms with Crippen molar-refractivity contribution in [2.75, 3.05) is 16.8 Å². The average molecular weight is 481 g/mol. The van der Waals surface area contributed by atoms with Crippen LogP contribution in [-0.4, -0.2) is 34.4 Å². The molecular formula is C29H28N4O3. The first-order valence-electron chi connectivity index (χ1n) is 12.0. The smallest absolute Gasteiger partial charge is 0.259 e. The van der Waals surface area contributed by atoms with E-state index in [1.807, 2.05) is 51.1 Å². The summed E-state index contributed by atoms with van der Waals surface area (Å²) in [6.07, 6.45) is 0.638. The number of fused-ring (bicyclic) bond motifs is 3. The number of benzene rings is 3. The number of carbonyl (C=O) groups excluding carboxylic acids is 2. The van der Waals surface area contributed by atoms with Gasteiger partial charge >= 0.3 is 0 Å². The predicted octanol–water partition coefficient (Wildman–Crippen LogP) is 5.63. The van der Waals surface area contributed by atoms with Crippen LogP contribution in [0.1, 0.15) is 46.1 Å². The van der Waals surface area contributed by atoms with Crippen LogP contribution in [0.3, 0.4) is 0 Å². The molecule has 5 rings (SSSR count). The number of nitrogens with zero attached hydrogens (tertiary/aromatic N) is 2. The average Bonchev–Trinajstić information content (AvgIpc) is 3.17. The van der Waals surface area contributed by atoms with Gasteiger partial charge in [-0.3, -0.25) is 9.59 Å². The van der Waals surface area contributed by atoms with Gasteiger partial charge in [-0.15, -0.1) is 0 Å². The second-order valence-electron chi connectivity index (χ2n) is 9.07. The molecule has 0 unspecified atom stereocenters. The Morgan fingerprint density at radius 2 is 1.72 bits per heavy atom. The molecular weight excluding hydrogens is 452 g/mol. The van der Waals surface area contributed by atoms with Gasteiger partial charge in [0.1, 0.15) is 11.6 Å². The number of nitrogens with one attached hydrogen (secondary N) is 2. The van der Waals surface area contributed by atoms with Gasteiger partial charge in [-0.2, -0.15) is 0 Å². The summed E-state index contributed by atoms with van der Waals surface area (Å²) in [4.78, 5) is 36.2. The summed E-state index contributed by atoms with van der Waals surface area (Å²) < 4.78 is 5.77. The van der Waals surface area contributed by atoms with E-state index in [1.165, 1.54) is 0 Å². The molecule has 0 atom stereocenters. The van der Waals surface area contributed by atoms with Gasteiger partial charge < -0.3 is 19.9 Å². The third-order valence-corrected chi connectivity index (χ3v) is 6.06. The van der Waals surface area contributed by atoms with Crippen molar-refractivity contribution >= 4 is 23.2 Å². The molecule has 0 aliphatic carbocycles. The van der Waals surface area contributed by atoms with E-state index in [2.05, 4.69) is 15.3 Å². The Hall–Kier alpha value is -4.39. The minimum atomic E-state index is -0.268. The molecule has 0 spiro atoms. The molecule has 2 heterocycles. The quantitative estimate of drug-likeness (QED) is 0.388. The first kappa shape index (κ1) is 23.4. The zero-order chi connectivity index (χ0) is 25.2. The molecule has 182 valence electrons. The van der Waals surface area contributed by atoms with Gasteiger partial charge in [-0.1, -0.05) is 30.3 Å². The number of anilines is 2. The van der Waals surface area contributed by atoms with Gasteiger partial charge in [0, 0.05) is 35.5 Å². The standard InChI is InChI=1S/C29H28N4O3/c1-18(2)36-26-11-7-5-9-23(26)28(34)32-21-14-12-20(13-15-21)29(35)33-17-16-24-27(31-19(3)30-24)22-8-4-6-10-25(22)33/h4-15,18H,16-17H2,1-3H3,(H,30,31)(H,32,34). The number of ether oxygens (including phenoxy) is 1. The number of para-hydroxylation sites is 2. The Kier molecular flexibility index (Phi) is 6.29. The van der Waals surface area contributed by atoms with E-state index in [1.54, 1.807) is 47.4 Å². The molecule has 0 saturated heterocycles. The lowest BCUT2D eigenvalue weighted by Gasteiger charge is -2.23. The molecule has 0 radical (unpaired) electrons. The molecule has 1 aliphatic rings. The number of imidazole rings is 1. The fourth-order valence-corrected chi connectivity index (χ4v) is 4.47. The molecule has 0 saturated carbocycles. The summed E-state index contributed by atoms with van der Waals surface area (Å²) in [5.41, 5.74) is 5.32. The number of amides is 2. The third kappa shape index (κ3) is 4.60. The van der Waals surface area contributed by atoms with Crippen LogP contribution >= 0.6 is 0 Å². The van der Waals surface area contributed by atoms with Crippen LogP contribution < -0.4 is 15.0 Å². The molecule has 4 aromatic rings. The highest BCUT2D eigenvalue weighted by Crippen LogP contribution is 2.35. The number of aromatic nitrogens is 2. The minimum Gasteiger partial charge on any atom is -0.490 e. The lowest BCUT2D eigenvalue weighted by molar-refractivity contribution is 0.0986. The maximum Gasteiger partial charge on any atom is 0.259 e. The van der Waals surface area contributed by atoms with Gasteiger partial charge in [-0.25, -0.2) is 4.98 Å². The highest BCUT2D eigenvalue weighted by atomic mass is 16.5. The Morgan fingerprint density at radius 1 is 1.00 bits per heavy atom. The van der Waals surface area contributed by atoms with E-state index in [9.17, 15) is 9.59 Å². The topological polar surface area (TPSA) is 87.3 Å². The highest BCUT2D eigenvalue weighted by Gasteiger charge is 2.26. The third-order valence-electron chi connectivity index (χ3n) is 6.06. The normalized spacial score (nSPS) is 12.5. The van der Waals surface area contributed by atoms with Crippen molar-refractivity contribution in [1.29, 1.82) is 0 Å². The number of hydrogen-bond acceptors (Lipinski definition) is 4. The predicted molar refractivity (Wildman–Crippen MR) is 141 cm³/mol. The van der Waals surface area contributed by atoms with Crippen LogP contribution in [0.25, 0.3) is 11.3 Å². The van der Waals surface area contributed by atoms with Gasteiger partial charge in [-0.05, 0) is 63.2 Å². The lowest BCUT2D eigenvalue weighted by atomic mass is 10.1. The van der Waals surface area contributed by atoms with E-state index >= 15 is 0 Å². The van der Waals surface area contributed by atoms with E-state index in [-0.39, 0.29) is 17.9 Å². The zero-order valence-electron chi connectivity index (χ0n) is 20.5. The first-order chi connectivity index (χ1) is 17.4. The maximum absolute atomic E-state index is 13.5. The summed E-state index contributed by atoms with van der Waals surface area (Å²) in [7, 11) is 0. The van der Waals surface area contributed by atoms with Crippen molar-refractivity contribution in [1.82, 2.24) is 9.97 Å². The van der Waals surface area contributed by atoms with Crippen molar-refractivity contribution in [2.24, 2.45) is 0 Å². The molecule has 2 N–H and O–H groups in total. The fraction of sp³-hybridized carbons (Fsp3) is 0.207. The van der Waals surface area contributed by atoms with Crippen LogP contribution in [0.4, 0.5) is 11.4 Å². The summed E-state index contributed by atoms with van der Waals surface area (Å²) in [5, 5.41) is 2.90. The molecule has 3 aromatic carbocycles. The summed E-state index contributed by atoms with van der Waals surface area (Å²) in [6.45, 7) is 6.31. The van der Waals surface area contributed by atoms with Crippen LogP contribution in [0.15, 0.2) is 72.8 Å². The van der Waals surface area contributed by atoms with Gasteiger partial charge in [0.15, 0.2) is 0 Å². The van der Waals surface area contributed by atoms with Crippen LogP contribution in [0.2, 0.25) is 0 Å². The number of hydrogen-bond donors (Lipinski definition) is 2. The number of carbonyl (C=O) groups is 2. The SMILES string of the molecule is Cc1nc2c([nH]1)CCN(C(=O)c1ccc(NC(=O)c3ccccc3OC(C)C)cc1)c1ccccc1-2. The second-order valence-corrected chi connectivity index (χ2v) is 9.07. The molecule has 7 nitrogen and oxygen atoms in total. The van der Waals surface area contributed by atoms with Crippen LogP contribution in [0.5, 0.6) is 5.75 Å². The van der Waals surface area contributed by atoms with E-state index in [0.717, 1.165) is 28.5 Å². The van der Waals surface area contributed by atoms with Crippen molar-refractivity contribution in [2.45, 2.75) is 33.3 Å². The van der Waals surface area contributed by atoms with Crippen molar-refractivity contribution < 1.29 is 14.3 Å². The lowest BCUT2D eigenvalue weighted by Crippen LogP contribution is -2.32. The van der Waals surface area contributed by atoms with E-state index in [4.69, 9.17) is 4.74 Å². The number of H-pyrrole nitrogens is 1. The van der Waals surface area contributed by atoms with Gasteiger partial charge in [0.05, 0.1) is 23.0 Å². The number of aromatic amines is 1. The van der Waals surface area contributed by atoms with Crippen molar-refractivity contribution in [3.63, 3.8) is 0 Å². The van der Waals surface area contributed by atoms with Crippen LogP contribution in [0, 0.1) is 6.92 Å². The largest absolute Gasteiger partial charge is 0.490 e. The molecule has 0 fully saturated rings. The maximum atomic E-state index is 13.5. The Labute approximate surface area is 210 Å². The second kappa shape index (κ2) is 9.70. The Morgan fingerprint density at radius 3 is 2.50 bits per heavy atom. The Balaban J connectivity index is 1.35. The fourth-order valence-electron chi connectivity index (χ4n) is 4.47. The van der Waals surface area contributed by atoms with Gasteiger partial charge in [0.2, 0.25) is 0 Å². The Bertz CT molecular complexity index is 1420. The monoisotopic (exact) mass is 480 g/mol. The van der Waals surface area contributed by atoms with Gasteiger partial charge in [0.25, 0.3) is 11.8 Å². The summed E-state index contributed by atoms with van der Waals surface area (Å²) in [5.74, 6) is 1.03. The molecule has 1 aliphatic heterocycles. The molecule has 7 heteroatoms. The summed E-state index contributed by atoms with van der Waals surface area (Å²) >= 11 is 0. The first-order valence-corrected chi connectivity index (χ1v) is 12.0. The molecule has 1 aromatic heterocycles. The number of rotatable bonds is 5.